The highest BCUT2D eigenvalue weighted by atomic mass is 16.3. The molecule has 2 aromatic rings. The molecule has 0 saturated carbocycles. The van der Waals surface area contributed by atoms with Gasteiger partial charge < -0.3 is 5.11 Å². The quantitative estimate of drug-likeness (QED) is 0.698. The van der Waals surface area contributed by atoms with Crippen LogP contribution >= 0.6 is 0 Å². The van der Waals surface area contributed by atoms with Crippen LogP contribution in [-0.4, -0.2) is 16.9 Å². The predicted octanol–water partition coefficient (Wildman–Crippen LogP) is 3.38. The predicted molar refractivity (Wildman–Crippen MR) is 89.7 cm³/mol. The van der Waals surface area contributed by atoms with E-state index >= 15 is 0 Å². The highest BCUT2D eigenvalue weighted by molar-refractivity contribution is 6.28. The van der Waals surface area contributed by atoms with E-state index in [1.165, 1.54) is 12.2 Å². The van der Waals surface area contributed by atoms with Crippen molar-refractivity contribution in [2.45, 2.75) is 6.92 Å². The number of carbonyl (C=O) groups is 2. The molecule has 1 aliphatic rings. The van der Waals surface area contributed by atoms with E-state index in [0.29, 0.717) is 5.69 Å². The van der Waals surface area contributed by atoms with Gasteiger partial charge in [0.15, 0.2) is 0 Å². The van der Waals surface area contributed by atoms with Crippen LogP contribution < -0.4 is 4.90 Å². The second-order valence-electron chi connectivity index (χ2n) is 5.31. The SMILES string of the molecule is CC(=Cc1ccc(N2C(=O)C=CC2=O)cc1)c1ccc(O)cc1. The van der Waals surface area contributed by atoms with Crippen molar-refractivity contribution in [2.24, 2.45) is 0 Å². The summed E-state index contributed by atoms with van der Waals surface area (Å²) in [7, 11) is 0. The van der Waals surface area contributed by atoms with Crippen LogP contribution in [0.4, 0.5) is 5.69 Å². The van der Waals surface area contributed by atoms with Crippen molar-refractivity contribution >= 4 is 29.2 Å². The summed E-state index contributed by atoms with van der Waals surface area (Å²) in [5.74, 6) is -0.406. The van der Waals surface area contributed by atoms with E-state index in [1.807, 2.05) is 37.3 Å². The van der Waals surface area contributed by atoms with Gasteiger partial charge in [0.1, 0.15) is 5.75 Å². The number of imide groups is 1. The van der Waals surface area contributed by atoms with Crippen molar-refractivity contribution in [1.82, 2.24) is 0 Å². The second-order valence-corrected chi connectivity index (χ2v) is 5.31. The number of amides is 2. The fourth-order valence-corrected chi connectivity index (χ4v) is 2.43. The molecule has 1 heterocycles. The van der Waals surface area contributed by atoms with Crippen molar-refractivity contribution in [3.8, 4) is 5.75 Å². The van der Waals surface area contributed by atoms with E-state index in [-0.39, 0.29) is 17.6 Å². The monoisotopic (exact) mass is 305 g/mol. The van der Waals surface area contributed by atoms with Crippen LogP contribution in [-0.2, 0) is 9.59 Å². The van der Waals surface area contributed by atoms with Crippen molar-refractivity contribution in [3.05, 3.63) is 71.8 Å². The third-order valence-corrected chi connectivity index (χ3v) is 3.67. The van der Waals surface area contributed by atoms with Gasteiger partial charge in [0.25, 0.3) is 11.8 Å². The van der Waals surface area contributed by atoms with Gasteiger partial charge in [0.2, 0.25) is 0 Å². The molecule has 0 aliphatic carbocycles. The molecule has 4 nitrogen and oxygen atoms in total. The van der Waals surface area contributed by atoms with Crippen LogP contribution in [0.15, 0.2) is 60.7 Å². The van der Waals surface area contributed by atoms with E-state index in [4.69, 9.17) is 0 Å². The van der Waals surface area contributed by atoms with Gasteiger partial charge in [-0.25, -0.2) is 4.90 Å². The Morgan fingerprint density at radius 1 is 0.913 bits per heavy atom. The Morgan fingerprint density at radius 3 is 2.04 bits per heavy atom. The Labute approximate surface area is 134 Å². The number of carbonyl (C=O) groups excluding carboxylic acids is 2. The number of benzene rings is 2. The number of allylic oxidation sites excluding steroid dienone is 1. The maximum absolute atomic E-state index is 11.6. The number of phenols is 1. The maximum atomic E-state index is 11.6. The Morgan fingerprint density at radius 2 is 1.48 bits per heavy atom. The summed E-state index contributed by atoms with van der Waals surface area (Å²) in [4.78, 5) is 24.4. The molecule has 0 fully saturated rings. The zero-order chi connectivity index (χ0) is 16.4. The molecule has 2 amide bonds. The smallest absolute Gasteiger partial charge is 0.258 e. The standard InChI is InChI=1S/C19H15NO3/c1-13(15-4-8-17(21)9-5-15)12-14-2-6-16(7-3-14)20-18(22)10-11-19(20)23/h2-12,21H,1H3. The van der Waals surface area contributed by atoms with Crippen LogP contribution in [0.3, 0.4) is 0 Å². The summed E-state index contributed by atoms with van der Waals surface area (Å²) in [6.45, 7) is 1.98. The number of hydrogen-bond acceptors (Lipinski definition) is 3. The Balaban J connectivity index is 1.82. The molecular formula is C19H15NO3. The molecule has 0 unspecified atom stereocenters. The molecule has 1 N–H and O–H groups in total. The number of phenolic OH excluding ortho intramolecular Hbond substituents is 1. The second kappa shape index (κ2) is 5.93. The fraction of sp³-hybridized carbons (Fsp3) is 0.0526. The van der Waals surface area contributed by atoms with Crippen LogP contribution in [0, 0.1) is 0 Å². The van der Waals surface area contributed by atoms with Crippen LogP contribution in [0.25, 0.3) is 11.6 Å². The van der Waals surface area contributed by atoms with Crippen LogP contribution in [0.5, 0.6) is 5.75 Å². The zero-order valence-electron chi connectivity index (χ0n) is 12.6. The van der Waals surface area contributed by atoms with Gasteiger partial charge in [-0.2, -0.15) is 0 Å². The minimum atomic E-state index is -0.321. The van der Waals surface area contributed by atoms with Gasteiger partial charge in [0.05, 0.1) is 5.69 Å². The van der Waals surface area contributed by atoms with Gasteiger partial charge in [-0.1, -0.05) is 30.3 Å². The molecule has 114 valence electrons. The molecule has 1 aliphatic heterocycles. The van der Waals surface area contributed by atoms with Gasteiger partial charge in [-0.15, -0.1) is 0 Å². The number of anilines is 1. The van der Waals surface area contributed by atoms with Gasteiger partial charge in [-0.3, -0.25) is 9.59 Å². The highest BCUT2D eigenvalue weighted by Crippen LogP contribution is 2.23. The molecule has 2 aromatic carbocycles. The van der Waals surface area contributed by atoms with E-state index < -0.39 is 0 Å². The summed E-state index contributed by atoms with van der Waals surface area (Å²) in [5.41, 5.74) is 3.59. The Bertz CT molecular complexity index is 797. The molecule has 0 radical (unpaired) electrons. The highest BCUT2D eigenvalue weighted by Gasteiger charge is 2.24. The van der Waals surface area contributed by atoms with E-state index in [0.717, 1.165) is 21.6 Å². The first-order chi connectivity index (χ1) is 11.0. The van der Waals surface area contributed by atoms with E-state index in [1.54, 1.807) is 24.3 Å². The lowest BCUT2D eigenvalue weighted by Crippen LogP contribution is -2.29. The van der Waals surface area contributed by atoms with Crippen LogP contribution in [0.1, 0.15) is 18.1 Å². The average Bonchev–Trinajstić information content (AvgIpc) is 2.88. The maximum Gasteiger partial charge on any atom is 0.258 e. The first kappa shape index (κ1) is 14.8. The molecule has 0 saturated heterocycles. The van der Waals surface area contributed by atoms with Gasteiger partial charge in [-0.05, 0) is 47.9 Å². The zero-order valence-corrected chi connectivity index (χ0v) is 12.6. The summed E-state index contributed by atoms with van der Waals surface area (Å²) < 4.78 is 0. The molecular weight excluding hydrogens is 290 g/mol. The Hall–Kier alpha value is -3.14. The largest absolute Gasteiger partial charge is 0.508 e. The van der Waals surface area contributed by atoms with Crippen LogP contribution in [0.2, 0.25) is 0 Å². The molecule has 0 atom stereocenters. The van der Waals surface area contributed by atoms with Gasteiger partial charge in [0, 0.05) is 12.2 Å². The first-order valence-electron chi connectivity index (χ1n) is 7.18. The summed E-state index contributed by atoms with van der Waals surface area (Å²) in [6.07, 6.45) is 4.54. The molecule has 3 rings (SSSR count). The molecule has 0 aromatic heterocycles. The molecule has 0 spiro atoms. The van der Waals surface area contributed by atoms with Crippen molar-refractivity contribution < 1.29 is 14.7 Å². The minimum Gasteiger partial charge on any atom is -0.508 e. The third-order valence-electron chi connectivity index (χ3n) is 3.67. The third kappa shape index (κ3) is 3.06. The molecule has 0 bridgehead atoms. The van der Waals surface area contributed by atoms with E-state index in [2.05, 4.69) is 0 Å². The first-order valence-corrected chi connectivity index (χ1v) is 7.18. The normalized spacial score (nSPS) is 14.7. The number of hydrogen-bond donors (Lipinski definition) is 1. The number of rotatable bonds is 3. The minimum absolute atomic E-state index is 0.236. The average molecular weight is 305 g/mol. The summed E-state index contributed by atoms with van der Waals surface area (Å²) in [5, 5.41) is 9.32. The fourth-order valence-electron chi connectivity index (χ4n) is 2.43. The lowest BCUT2D eigenvalue weighted by atomic mass is 10.0. The number of nitrogens with zero attached hydrogens (tertiary/aromatic N) is 1. The lowest BCUT2D eigenvalue weighted by molar-refractivity contribution is -0.119. The molecule has 23 heavy (non-hydrogen) atoms. The molecule has 4 heteroatoms. The van der Waals surface area contributed by atoms with Gasteiger partial charge >= 0.3 is 0 Å². The summed E-state index contributed by atoms with van der Waals surface area (Å²) in [6, 6.07) is 14.2. The van der Waals surface area contributed by atoms with E-state index in [9.17, 15) is 14.7 Å². The van der Waals surface area contributed by atoms with Crippen molar-refractivity contribution in [2.75, 3.05) is 4.90 Å². The number of aromatic hydroxyl groups is 1. The summed E-state index contributed by atoms with van der Waals surface area (Å²) >= 11 is 0. The lowest BCUT2D eigenvalue weighted by Gasteiger charge is -2.13. The topological polar surface area (TPSA) is 57.6 Å². The Kier molecular flexibility index (Phi) is 3.81. The van der Waals surface area contributed by atoms with Crippen molar-refractivity contribution in [3.63, 3.8) is 0 Å². The van der Waals surface area contributed by atoms with Crippen molar-refractivity contribution in [1.29, 1.82) is 0 Å².